The van der Waals surface area contributed by atoms with Crippen LogP contribution >= 0.6 is 15.9 Å². The Bertz CT molecular complexity index is 496. The standard InChI is InChI=1S/C17H19BrO/c18-16-10-4-9-15(12-16)13-17(19)11-5-8-14-6-2-1-3-7-14/h1-4,6-7,9-10,12,17,19H,5,8,11,13H2. The van der Waals surface area contributed by atoms with E-state index in [4.69, 9.17) is 0 Å². The van der Waals surface area contributed by atoms with Gasteiger partial charge in [0.2, 0.25) is 0 Å². The first-order chi connectivity index (χ1) is 9.24. The van der Waals surface area contributed by atoms with Crippen LogP contribution in [0, 0.1) is 0 Å². The molecule has 0 spiro atoms. The van der Waals surface area contributed by atoms with Gasteiger partial charge in [-0.1, -0.05) is 58.4 Å². The molecule has 0 aliphatic heterocycles. The van der Waals surface area contributed by atoms with Gasteiger partial charge < -0.3 is 5.11 Å². The minimum Gasteiger partial charge on any atom is -0.393 e. The molecule has 0 aliphatic carbocycles. The highest BCUT2D eigenvalue weighted by molar-refractivity contribution is 9.10. The van der Waals surface area contributed by atoms with E-state index < -0.39 is 0 Å². The third kappa shape index (κ3) is 5.17. The van der Waals surface area contributed by atoms with Gasteiger partial charge in [0, 0.05) is 4.47 Å². The van der Waals surface area contributed by atoms with Gasteiger partial charge in [0.1, 0.15) is 0 Å². The van der Waals surface area contributed by atoms with Gasteiger partial charge in [-0.25, -0.2) is 0 Å². The quantitative estimate of drug-likeness (QED) is 0.838. The Morgan fingerprint density at radius 3 is 2.42 bits per heavy atom. The van der Waals surface area contributed by atoms with Crippen LogP contribution in [0.1, 0.15) is 24.0 Å². The van der Waals surface area contributed by atoms with E-state index in [2.05, 4.69) is 52.3 Å². The van der Waals surface area contributed by atoms with Gasteiger partial charge in [-0.15, -0.1) is 0 Å². The number of aliphatic hydroxyl groups excluding tert-OH is 1. The number of halogens is 1. The highest BCUT2D eigenvalue weighted by atomic mass is 79.9. The van der Waals surface area contributed by atoms with Crippen molar-refractivity contribution in [1.82, 2.24) is 0 Å². The van der Waals surface area contributed by atoms with Crippen molar-refractivity contribution in [1.29, 1.82) is 0 Å². The van der Waals surface area contributed by atoms with Crippen LogP contribution in [0.25, 0.3) is 0 Å². The van der Waals surface area contributed by atoms with Crippen LogP contribution in [0.2, 0.25) is 0 Å². The second-order valence-corrected chi connectivity index (χ2v) is 5.78. The molecule has 0 amide bonds. The predicted molar refractivity (Wildman–Crippen MR) is 83.2 cm³/mol. The third-order valence-electron chi connectivity index (χ3n) is 3.21. The normalized spacial score (nSPS) is 12.3. The van der Waals surface area contributed by atoms with E-state index in [1.165, 1.54) is 11.1 Å². The third-order valence-corrected chi connectivity index (χ3v) is 3.70. The lowest BCUT2D eigenvalue weighted by Crippen LogP contribution is -2.10. The maximum atomic E-state index is 10.1. The maximum Gasteiger partial charge on any atom is 0.0580 e. The summed E-state index contributed by atoms with van der Waals surface area (Å²) in [5, 5.41) is 10.1. The zero-order valence-corrected chi connectivity index (χ0v) is 12.5. The second kappa shape index (κ2) is 7.46. The molecule has 1 unspecified atom stereocenters. The molecule has 0 radical (unpaired) electrons. The van der Waals surface area contributed by atoms with Crippen LogP contribution in [0.15, 0.2) is 59.1 Å². The number of hydrogen-bond acceptors (Lipinski definition) is 1. The second-order valence-electron chi connectivity index (χ2n) is 4.87. The van der Waals surface area contributed by atoms with Crippen LogP contribution in [-0.4, -0.2) is 11.2 Å². The monoisotopic (exact) mass is 318 g/mol. The van der Waals surface area contributed by atoms with E-state index in [1.54, 1.807) is 0 Å². The van der Waals surface area contributed by atoms with Gasteiger partial charge in [-0.2, -0.15) is 0 Å². The number of hydrogen-bond donors (Lipinski definition) is 1. The van der Waals surface area contributed by atoms with Crippen LogP contribution in [0.4, 0.5) is 0 Å². The zero-order chi connectivity index (χ0) is 13.5. The zero-order valence-electron chi connectivity index (χ0n) is 10.9. The molecular formula is C17H19BrO. The van der Waals surface area contributed by atoms with Crippen molar-refractivity contribution >= 4 is 15.9 Å². The number of aliphatic hydroxyl groups is 1. The highest BCUT2D eigenvalue weighted by Crippen LogP contribution is 2.15. The molecule has 19 heavy (non-hydrogen) atoms. The summed E-state index contributed by atoms with van der Waals surface area (Å²) in [4.78, 5) is 0. The van der Waals surface area contributed by atoms with E-state index in [1.807, 2.05) is 18.2 Å². The van der Waals surface area contributed by atoms with Gasteiger partial charge in [0.25, 0.3) is 0 Å². The summed E-state index contributed by atoms with van der Waals surface area (Å²) < 4.78 is 1.07. The molecule has 2 heteroatoms. The number of benzene rings is 2. The number of aryl methyl sites for hydroxylation is 1. The van der Waals surface area contributed by atoms with E-state index in [0.29, 0.717) is 0 Å². The fourth-order valence-electron chi connectivity index (χ4n) is 2.22. The minimum atomic E-state index is -0.252. The lowest BCUT2D eigenvalue weighted by Gasteiger charge is -2.10. The van der Waals surface area contributed by atoms with Crippen molar-refractivity contribution in [3.8, 4) is 0 Å². The lowest BCUT2D eigenvalue weighted by atomic mass is 10.0. The molecule has 0 aromatic heterocycles. The highest BCUT2D eigenvalue weighted by Gasteiger charge is 2.06. The smallest absolute Gasteiger partial charge is 0.0580 e. The van der Waals surface area contributed by atoms with Crippen molar-refractivity contribution in [3.63, 3.8) is 0 Å². The molecule has 1 atom stereocenters. The summed E-state index contributed by atoms with van der Waals surface area (Å²) in [5.74, 6) is 0. The van der Waals surface area contributed by atoms with Crippen LogP contribution < -0.4 is 0 Å². The van der Waals surface area contributed by atoms with Crippen LogP contribution in [-0.2, 0) is 12.8 Å². The fraction of sp³-hybridized carbons (Fsp3) is 0.294. The van der Waals surface area contributed by atoms with E-state index in [-0.39, 0.29) is 6.10 Å². The summed E-state index contributed by atoms with van der Waals surface area (Å²) in [6.07, 6.45) is 3.39. The molecular weight excluding hydrogens is 300 g/mol. The Balaban J connectivity index is 1.74. The van der Waals surface area contributed by atoms with Crippen molar-refractivity contribution < 1.29 is 5.11 Å². The Labute approximate surface area is 123 Å². The number of rotatable bonds is 6. The van der Waals surface area contributed by atoms with Crippen LogP contribution in [0.3, 0.4) is 0 Å². The summed E-state index contributed by atoms with van der Waals surface area (Å²) >= 11 is 3.45. The van der Waals surface area contributed by atoms with Crippen molar-refractivity contribution in [3.05, 3.63) is 70.2 Å². The Kier molecular flexibility index (Phi) is 5.62. The van der Waals surface area contributed by atoms with Gasteiger partial charge in [0.15, 0.2) is 0 Å². The summed E-state index contributed by atoms with van der Waals surface area (Å²) in [7, 11) is 0. The molecule has 0 bridgehead atoms. The average Bonchev–Trinajstić information content (AvgIpc) is 2.40. The molecule has 0 saturated heterocycles. The first kappa shape index (κ1) is 14.3. The molecule has 0 saturated carbocycles. The summed E-state index contributed by atoms with van der Waals surface area (Å²) in [6.45, 7) is 0. The first-order valence-corrected chi connectivity index (χ1v) is 7.50. The van der Waals surface area contributed by atoms with Crippen molar-refractivity contribution in [2.75, 3.05) is 0 Å². The summed E-state index contributed by atoms with van der Waals surface area (Å²) in [6, 6.07) is 18.6. The van der Waals surface area contributed by atoms with Gasteiger partial charge >= 0.3 is 0 Å². The minimum absolute atomic E-state index is 0.252. The lowest BCUT2D eigenvalue weighted by molar-refractivity contribution is 0.162. The van der Waals surface area contributed by atoms with Crippen molar-refractivity contribution in [2.45, 2.75) is 31.8 Å². The molecule has 2 aromatic carbocycles. The molecule has 2 aromatic rings. The predicted octanol–water partition coefficient (Wildman–Crippen LogP) is 4.38. The van der Waals surface area contributed by atoms with E-state index >= 15 is 0 Å². The van der Waals surface area contributed by atoms with Crippen LogP contribution in [0.5, 0.6) is 0 Å². The Hall–Kier alpha value is -1.12. The Morgan fingerprint density at radius 2 is 1.68 bits per heavy atom. The van der Waals surface area contributed by atoms with Gasteiger partial charge in [-0.05, 0) is 48.9 Å². The first-order valence-electron chi connectivity index (χ1n) is 6.70. The molecule has 0 aliphatic rings. The molecule has 2 rings (SSSR count). The fourth-order valence-corrected chi connectivity index (χ4v) is 2.67. The Morgan fingerprint density at radius 1 is 0.947 bits per heavy atom. The van der Waals surface area contributed by atoms with E-state index in [0.717, 1.165) is 30.2 Å². The van der Waals surface area contributed by atoms with Crippen molar-refractivity contribution in [2.24, 2.45) is 0 Å². The SMILES string of the molecule is OC(CCCc1ccccc1)Cc1cccc(Br)c1. The summed E-state index contributed by atoms with van der Waals surface area (Å²) in [5.41, 5.74) is 2.53. The molecule has 1 N–H and O–H groups in total. The molecule has 100 valence electrons. The molecule has 0 fully saturated rings. The average molecular weight is 319 g/mol. The largest absolute Gasteiger partial charge is 0.393 e. The maximum absolute atomic E-state index is 10.1. The van der Waals surface area contributed by atoms with Gasteiger partial charge in [0.05, 0.1) is 6.10 Å². The molecule has 1 nitrogen and oxygen atoms in total. The van der Waals surface area contributed by atoms with Gasteiger partial charge in [-0.3, -0.25) is 0 Å². The topological polar surface area (TPSA) is 20.2 Å². The van der Waals surface area contributed by atoms with E-state index in [9.17, 15) is 5.11 Å². The molecule has 0 heterocycles.